The average Bonchev–Trinajstić information content (AvgIpc) is 2.86. The van der Waals surface area contributed by atoms with Crippen LogP contribution in [0.2, 0.25) is 0 Å². The second-order valence-electron chi connectivity index (χ2n) is 5.26. The Morgan fingerprint density at radius 2 is 2.00 bits per heavy atom. The molecule has 0 aromatic rings. The quantitative estimate of drug-likeness (QED) is 0.755. The molecule has 15 heavy (non-hydrogen) atoms. The smallest absolute Gasteiger partial charge is 0.0576 e. The number of ether oxygens (including phenoxy) is 1. The molecule has 0 amide bonds. The molecule has 0 radical (unpaired) electrons. The number of hydrogen-bond donors (Lipinski definition) is 1. The second kappa shape index (κ2) is 5.86. The summed E-state index contributed by atoms with van der Waals surface area (Å²) in [4.78, 5) is 0. The zero-order valence-corrected chi connectivity index (χ0v) is 10.0. The molecule has 1 N–H and O–H groups in total. The maximum Gasteiger partial charge on any atom is 0.0576 e. The van der Waals surface area contributed by atoms with Gasteiger partial charge in [-0.2, -0.15) is 0 Å². The van der Waals surface area contributed by atoms with E-state index in [2.05, 4.69) is 12.2 Å². The first-order valence-corrected chi connectivity index (χ1v) is 6.72. The lowest BCUT2D eigenvalue weighted by atomic mass is 10.1. The predicted octanol–water partition coefficient (Wildman–Crippen LogP) is 2.87. The molecule has 2 heteroatoms. The van der Waals surface area contributed by atoms with Crippen LogP contribution in [0.15, 0.2) is 0 Å². The summed E-state index contributed by atoms with van der Waals surface area (Å²) in [5.74, 6) is 0. The Kier molecular flexibility index (Phi) is 4.45. The molecule has 1 saturated carbocycles. The Balaban J connectivity index is 1.57. The van der Waals surface area contributed by atoms with E-state index in [0.29, 0.717) is 12.1 Å². The molecule has 1 aliphatic heterocycles. The van der Waals surface area contributed by atoms with Crippen LogP contribution in [0.25, 0.3) is 0 Å². The van der Waals surface area contributed by atoms with Crippen molar-refractivity contribution in [3.63, 3.8) is 0 Å². The highest BCUT2D eigenvalue weighted by Gasteiger charge is 2.19. The Labute approximate surface area is 93.8 Å². The van der Waals surface area contributed by atoms with Crippen molar-refractivity contribution in [2.45, 2.75) is 76.5 Å². The van der Waals surface area contributed by atoms with Crippen LogP contribution in [-0.4, -0.2) is 24.8 Å². The lowest BCUT2D eigenvalue weighted by Gasteiger charge is -2.20. The molecule has 1 saturated heterocycles. The van der Waals surface area contributed by atoms with Crippen LogP contribution in [0, 0.1) is 0 Å². The van der Waals surface area contributed by atoms with E-state index in [1.807, 2.05) is 0 Å². The van der Waals surface area contributed by atoms with Gasteiger partial charge >= 0.3 is 0 Å². The molecule has 2 aliphatic rings. The molecule has 2 rings (SSSR count). The van der Waals surface area contributed by atoms with Crippen molar-refractivity contribution in [1.29, 1.82) is 0 Å². The highest BCUT2D eigenvalue weighted by molar-refractivity contribution is 4.77. The third-order valence-corrected chi connectivity index (χ3v) is 3.82. The first kappa shape index (κ1) is 11.4. The van der Waals surface area contributed by atoms with Crippen LogP contribution in [0.5, 0.6) is 0 Å². The summed E-state index contributed by atoms with van der Waals surface area (Å²) in [6, 6.07) is 1.49. The maximum absolute atomic E-state index is 5.65. The Morgan fingerprint density at radius 3 is 2.67 bits per heavy atom. The van der Waals surface area contributed by atoms with Crippen LogP contribution in [-0.2, 0) is 4.74 Å². The molecule has 2 nitrogen and oxygen atoms in total. The summed E-state index contributed by atoms with van der Waals surface area (Å²) >= 11 is 0. The number of hydrogen-bond acceptors (Lipinski definition) is 2. The summed E-state index contributed by atoms with van der Waals surface area (Å²) in [5.41, 5.74) is 0. The van der Waals surface area contributed by atoms with E-state index in [4.69, 9.17) is 4.74 Å². The molecular formula is C13H25NO. The van der Waals surface area contributed by atoms with Gasteiger partial charge in [-0.15, -0.1) is 0 Å². The summed E-state index contributed by atoms with van der Waals surface area (Å²) in [7, 11) is 0. The molecule has 0 bridgehead atoms. The molecule has 1 heterocycles. The molecule has 1 aliphatic carbocycles. The number of nitrogens with one attached hydrogen (secondary N) is 1. The fourth-order valence-electron chi connectivity index (χ4n) is 2.89. The van der Waals surface area contributed by atoms with Gasteiger partial charge in [-0.3, -0.25) is 0 Å². The van der Waals surface area contributed by atoms with E-state index < -0.39 is 0 Å². The number of rotatable bonds is 5. The molecular weight excluding hydrogens is 186 g/mol. The summed E-state index contributed by atoms with van der Waals surface area (Å²) < 4.78 is 5.65. The van der Waals surface area contributed by atoms with Gasteiger partial charge in [0.25, 0.3) is 0 Å². The van der Waals surface area contributed by atoms with Crippen LogP contribution in [0.3, 0.4) is 0 Å². The minimum atomic E-state index is 0.567. The SMILES string of the molecule is CC(CCC1CCCO1)NC1CCCC1. The third kappa shape index (κ3) is 3.76. The van der Waals surface area contributed by atoms with Gasteiger partial charge in [0.15, 0.2) is 0 Å². The van der Waals surface area contributed by atoms with E-state index in [1.165, 1.54) is 51.4 Å². The predicted molar refractivity (Wildman–Crippen MR) is 63.1 cm³/mol. The van der Waals surface area contributed by atoms with Gasteiger partial charge in [-0.25, -0.2) is 0 Å². The first-order valence-electron chi connectivity index (χ1n) is 6.72. The highest BCUT2D eigenvalue weighted by atomic mass is 16.5. The Bertz CT molecular complexity index is 171. The van der Waals surface area contributed by atoms with Gasteiger partial charge < -0.3 is 10.1 Å². The first-order chi connectivity index (χ1) is 7.34. The van der Waals surface area contributed by atoms with Crippen LogP contribution in [0.4, 0.5) is 0 Å². The fourth-order valence-corrected chi connectivity index (χ4v) is 2.89. The van der Waals surface area contributed by atoms with E-state index in [-0.39, 0.29) is 0 Å². The summed E-state index contributed by atoms with van der Waals surface area (Å²) in [5, 5.41) is 3.75. The van der Waals surface area contributed by atoms with Gasteiger partial charge in [0.2, 0.25) is 0 Å². The van der Waals surface area contributed by atoms with E-state index in [9.17, 15) is 0 Å². The maximum atomic E-state index is 5.65. The Morgan fingerprint density at radius 1 is 1.20 bits per heavy atom. The minimum Gasteiger partial charge on any atom is -0.378 e. The van der Waals surface area contributed by atoms with E-state index in [1.54, 1.807) is 0 Å². The Hall–Kier alpha value is -0.0800. The topological polar surface area (TPSA) is 21.3 Å². The lowest BCUT2D eigenvalue weighted by molar-refractivity contribution is 0.0997. The van der Waals surface area contributed by atoms with Crippen LogP contribution in [0.1, 0.15) is 58.3 Å². The van der Waals surface area contributed by atoms with E-state index >= 15 is 0 Å². The van der Waals surface area contributed by atoms with Crippen molar-refractivity contribution in [2.24, 2.45) is 0 Å². The molecule has 0 aromatic carbocycles. The molecule has 2 atom stereocenters. The lowest BCUT2D eigenvalue weighted by Crippen LogP contribution is -2.35. The minimum absolute atomic E-state index is 0.567. The van der Waals surface area contributed by atoms with Crippen molar-refractivity contribution in [3.8, 4) is 0 Å². The van der Waals surface area contributed by atoms with Gasteiger partial charge in [-0.1, -0.05) is 12.8 Å². The van der Waals surface area contributed by atoms with Gasteiger partial charge in [-0.05, 0) is 45.4 Å². The van der Waals surface area contributed by atoms with Gasteiger partial charge in [0, 0.05) is 18.7 Å². The van der Waals surface area contributed by atoms with Crippen molar-refractivity contribution < 1.29 is 4.74 Å². The molecule has 0 aromatic heterocycles. The molecule has 2 unspecified atom stereocenters. The highest BCUT2D eigenvalue weighted by Crippen LogP contribution is 2.20. The van der Waals surface area contributed by atoms with E-state index in [0.717, 1.165) is 12.6 Å². The third-order valence-electron chi connectivity index (χ3n) is 3.82. The normalized spacial score (nSPS) is 29.8. The monoisotopic (exact) mass is 211 g/mol. The van der Waals surface area contributed by atoms with Crippen LogP contribution >= 0.6 is 0 Å². The van der Waals surface area contributed by atoms with Crippen molar-refractivity contribution in [3.05, 3.63) is 0 Å². The fraction of sp³-hybridized carbons (Fsp3) is 1.00. The summed E-state index contributed by atoms with van der Waals surface area (Å²) in [6.07, 6.45) is 11.3. The zero-order chi connectivity index (χ0) is 10.5. The van der Waals surface area contributed by atoms with Crippen molar-refractivity contribution in [2.75, 3.05) is 6.61 Å². The molecule has 88 valence electrons. The van der Waals surface area contributed by atoms with Gasteiger partial charge in [0.1, 0.15) is 0 Å². The molecule has 2 fully saturated rings. The van der Waals surface area contributed by atoms with Crippen molar-refractivity contribution in [1.82, 2.24) is 5.32 Å². The standard InChI is InChI=1S/C13H25NO/c1-11(14-12-5-2-3-6-12)8-9-13-7-4-10-15-13/h11-14H,2-10H2,1H3. The average molecular weight is 211 g/mol. The molecule has 0 spiro atoms. The zero-order valence-electron chi connectivity index (χ0n) is 10.0. The summed E-state index contributed by atoms with van der Waals surface area (Å²) in [6.45, 7) is 3.32. The van der Waals surface area contributed by atoms with Crippen LogP contribution < -0.4 is 5.32 Å². The second-order valence-corrected chi connectivity index (χ2v) is 5.26. The largest absolute Gasteiger partial charge is 0.378 e. The van der Waals surface area contributed by atoms with Crippen molar-refractivity contribution >= 4 is 0 Å². The van der Waals surface area contributed by atoms with Gasteiger partial charge in [0.05, 0.1) is 6.10 Å².